The van der Waals surface area contributed by atoms with Crippen LogP contribution in [0.15, 0.2) is 84.7 Å². The predicted molar refractivity (Wildman–Crippen MR) is 133 cm³/mol. The molecule has 34 heavy (non-hydrogen) atoms. The number of rotatable bonds is 8. The third-order valence-electron chi connectivity index (χ3n) is 5.28. The average molecular weight is 476 g/mol. The van der Waals surface area contributed by atoms with Crippen molar-refractivity contribution in [2.75, 3.05) is 26.3 Å². The van der Waals surface area contributed by atoms with Gasteiger partial charge in [0.2, 0.25) is 5.91 Å². The van der Waals surface area contributed by atoms with E-state index in [1.165, 1.54) is 23.5 Å². The molecule has 2 aromatic carbocycles. The Morgan fingerprint density at radius 2 is 1.91 bits per heavy atom. The van der Waals surface area contributed by atoms with Crippen molar-refractivity contribution >= 4 is 33.4 Å². The number of aromatic nitrogens is 1. The fourth-order valence-electron chi connectivity index (χ4n) is 3.57. The largest absolute Gasteiger partial charge is 0.478 e. The lowest BCUT2D eigenvalue weighted by atomic mass is 10.1. The fraction of sp³-hybridized carbons (Fsp3) is 0.192. The Bertz CT molecular complexity index is 1260. The highest BCUT2D eigenvalue weighted by Gasteiger charge is 2.14. The number of carboxylic acid groups (broad SMARTS) is 1. The highest BCUT2D eigenvalue weighted by molar-refractivity contribution is 7.18. The first-order valence-corrected chi connectivity index (χ1v) is 11.7. The molecule has 3 aromatic rings. The van der Waals surface area contributed by atoms with E-state index in [1.807, 2.05) is 35.2 Å². The van der Waals surface area contributed by atoms with Crippen LogP contribution in [0.1, 0.15) is 5.01 Å². The smallest absolute Gasteiger partial charge is 0.337 e. The van der Waals surface area contributed by atoms with E-state index in [-0.39, 0.29) is 17.9 Å². The van der Waals surface area contributed by atoms with Crippen molar-refractivity contribution in [1.29, 1.82) is 0 Å². The molecule has 1 aliphatic heterocycles. The fourth-order valence-corrected chi connectivity index (χ4v) is 4.58. The zero-order valence-electron chi connectivity index (χ0n) is 18.6. The number of hydrogen-bond acceptors (Lipinski definition) is 6. The standard InChI is InChI=1S/C26H25N3O4S/c1-2-21(14-20(26(31)32)17-29-10-12-33-13-11-29)27-24(30)16-25-28-22-9-8-19(15-23(22)34-25)18-6-4-3-5-7-18/h2-9,14-15,17H,1,10-13,16H2,(H,27,30)(H,31,32)/b20-17-,21-14+. The van der Waals surface area contributed by atoms with Crippen LogP contribution in [0.5, 0.6) is 0 Å². The molecule has 1 aliphatic rings. The van der Waals surface area contributed by atoms with Crippen LogP contribution in [-0.2, 0) is 20.7 Å². The van der Waals surface area contributed by atoms with Crippen molar-refractivity contribution in [2.24, 2.45) is 0 Å². The lowest BCUT2D eigenvalue weighted by Gasteiger charge is -2.25. The number of nitrogens with zero attached hydrogens (tertiary/aromatic N) is 2. The number of aliphatic carboxylic acids is 1. The summed E-state index contributed by atoms with van der Waals surface area (Å²) in [5.41, 5.74) is 3.44. The summed E-state index contributed by atoms with van der Waals surface area (Å²) in [5, 5.41) is 13.0. The number of morpholine rings is 1. The van der Waals surface area contributed by atoms with Crippen molar-refractivity contribution in [2.45, 2.75) is 6.42 Å². The summed E-state index contributed by atoms with van der Waals surface area (Å²) in [6.07, 6.45) is 4.49. The molecule has 0 aliphatic carbocycles. The van der Waals surface area contributed by atoms with Crippen molar-refractivity contribution in [3.8, 4) is 11.1 Å². The van der Waals surface area contributed by atoms with Gasteiger partial charge < -0.3 is 20.1 Å². The van der Waals surface area contributed by atoms with Gasteiger partial charge in [-0.25, -0.2) is 9.78 Å². The molecule has 0 atom stereocenters. The number of thiazole rings is 1. The molecule has 8 heteroatoms. The number of carbonyl (C=O) groups is 2. The highest BCUT2D eigenvalue weighted by Crippen LogP contribution is 2.28. The Hall–Kier alpha value is -3.75. The van der Waals surface area contributed by atoms with E-state index in [2.05, 4.69) is 35.1 Å². The molecule has 0 radical (unpaired) electrons. The van der Waals surface area contributed by atoms with E-state index in [9.17, 15) is 14.7 Å². The molecule has 0 saturated carbocycles. The quantitative estimate of drug-likeness (QED) is 0.378. The number of fused-ring (bicyclic) bond motifs is 1. The number of hydrogen-bond donors (Lipinski definition) is 2. The SMILES string of the molecule is C=C/C(=C\C(=C\N1CCOCC1)C(=O)O)NC(=O)Cc1nc2ccc(-c3ccccc3)cc2s1. The van der Waals surface area contributed by atoms with Gasteiger partial charge in [-0.15, -0.1) is 11.3 Å². The van der Waals surface area contributed by atoms with Crippen LogP contribution in [0.25, 0.3) is 21.3 Å². The van der Waals surface area contributed by atoms with E-state index in [0.29, 0.717) is 37.0 Å². The number of allylic oxidation sites excluding steroid dienone is 1. The van der Waals surface area contributed by atoms with Gasteiger partial charge in [0.1, 0.15) is 5.01 Å². The first-order chi connectivity index (χ1) is 16.5. The number of ether oxygens (including phenoxy) is 1. The van der Waals surface area contributed by atoms with Gasteiger partial charge in [0, 0.05) is 25.0 Å². The first-order valence-electron chi connectivity index (χ1n) is 10.9. The molecule has 2 N–H and O–H groups in total. The van der Waals surface area contributed by atoms with Gasteiger partial charge in [-0.2, -0.15) is 0 Å². The molecule has 2 heterocycles. The Morgan fingerprint density at radius 3 is 2.62 bits per heavy atom. The Balaban J connectivity index is 1.46. The summed E-state index contributed by atoms with van der Waals surface area (Å²) in [5.74, 6) is -1.37. The number of carbonyl (C=O) groups excluding carboxylic acids is 1. The highest BCUT2D eigenvalue weighted by atomic mass is 32.1. The Kier molecular flexibility index (Phi) is 7.51. The number of benzene rings is 2. The summed E-state index contributed by atoms with van der Waals surface area (Å²) in [6.45, 7) is 6.03. The molecule has 7 nitrogen and oxygen atoms in total. The molecule has 1 saturated heterocycles. The van der Waals surface area contributed by atoms with Gasteiger partial charge in [-0.05, 0) is 35.4 Å². The van der Waals surface area contributed by atoms with Gasteiger partial charge in [0.15, 0.2) is 0 Å². The normalized spacial score (nSPS) is 14.8. The first kappa shape index (κ1) is 23.4. The van der Waals surface area contributed by atoms with Gasteiger partial charge in [0.25, 0.3) is 0 Å². The zero-order valence-corrected chi connectivity index (χ0v) is 19.4. The minimum Gasteiger partial charge on any atom is -0.478 e. The van der Waals surface area contributed by atoms with Crippen molar-refractivity contribution in [3.05, 3.63) is 89.7 Å². The summed E-state index contributed by atoms with van der Waals surface area (Å²) in [4.78, 5) is 30.8. The second-order valence-electron chi connectivity index (χ2n) is 7.72. The van der Waals surface area contributed by atoms with E-state index >= 15 is 0 Å². The maximum atomic E-state index is 12.7. The second kappa shape index (κ2) is 10.9. The average Bonchev–Trinajstić information content (AvgIpc) is 3.25. The summed E-state index contributed by atoms with van der Waals surface area (Å²) >= 11 is 1.47. The van der Waals surface area contributed by atoms with E-state index in [1.54, 1.807) is 6.20 Å². The molecule has 1 amide bonds. The van der Waals surface area contributed by atoms with Crippen molar-refractivity contribution < 1.29 is 19.4 Å². The molecule has 0 spiro atoms. The minimum atomic E-state index is -1.08. The molecule has 0 unspecified atom stereocenters. The van der Waals surface area contributed by atoms with Crippen molar-refractivity contribution in [1.82, 2.24) is 15.2 Å². The van der Waals surface area contributed by atoms with Crippen LogP contribution in [0.2, 0.25) is 0 Å². The number of carboxylic acids is 1. The van der Waals surface area contributed by atoms with Crippen LogP contribution >= 0.6 is 11.3 Å². The zero-order chi connectivity index (χ0) is 23.9. The number of nitrogens with one attached hydrogen (secondary N) is 1. The molecule has 4 rings (SSSR count). The monoisotopic (exact) mass is 475 g/mol. The van der Waals surface area contributed by atoms with Crippen LogP contribution in [0.4, 0.5) is 0 Å². The van der Waals surface area contributed by atoms with E-state index < -0.39 is 5.97 Å². The van der Waals surface area contributed by atoms with E-state index in [4.69, 9.17) is 4.74 Å². The minimum absolute atomic E-state index is 0.0607. The lowest BCUT2D eigenvalue weighted by molar-refractivity contribution is -0.132. The summed E-state index contributed by atoms with van der Waals surface area (Å²) in [7, 11) is 0. The Morgan fingerprint density at radius 1 is 1.15 bits per heavy atom. The Labute approximate surface area is 201 Å². The third-order valence-corrected chi connectivity index (χ3v) is 6.30. The number of amides is 1. The van der Waals surface area contributed by atoms with Gasteiger partial charge >= 0.3 is 5.97 Å². The van der Waals surface area contributed by atoms with Gasteiger partial charge in [-0.1, -0.05) is 43.0 Å². The van der Waals surface area contributed by atoms with Crippen LogP contribution in [0, 0.1) is 0 Å². The van der Waals surface area contributed by atoms with Gasteiger partial charge in [0.05, 0.1) is 35.4 Å². The third kappa shape index (κ3) is 5.98. The van der Waals surface area contributed by atoms with Crippen molar-refractivity contribution in [3.63, 3.8) is 0 Å². The molecular formula is C26H25N3O4S. The van der Waals surface area contributed by atoms with Crippen LogP contribution < -0.4 is 5.32 Å². The summed E-state index contributed by atoms with van der Waals surface area (Å²) < 4.78 is 6.30. The van der Waals surface area contributed by atoms with Crippen LogP contribution in [-0.4, -0.2) is 53.2 Å². The molecule has 0 bridgehead atoms. The molecule has 174 valence electrons. The molecule has 1 aromatic heterocycles. The van der Waals surface area contributed by atoms with Gasteiger partial charge in [-0.3, -0.25) is 4.79 Å². The van der Waals surface area contributed by atoms with Crippen LogP contribution in [0.3, 0.4) is 0 Å². The van der Waals surface area contributed by atoms with E-state index in [0.717, 1.165) is 21.3 Å². The maximum absolute atomic E-state index is 12.7. The lowest BCUT2D eigenvalue weighted by Crippen LogP contribution is -2.32. The molecular weight excluding hydrogens is 450 g/mol. The topological polar surface area (TPSA) is 91.8 Å². The maximum Gasteiger partial charge on any atom is 0.337 e. The second-order valence-corrected chi connectivity index (χ2v) is 8.84. The summed E-state index contributed by atoms with van der Waals surface area (Å²) in [6, 6.07) is 16.1. The predicted octanol–water partition coefficient (Wildman–Crippen LogP) is 3.99. The molecule has 1 fully saturated rings.